The van der Waals surface area contributed by atoms with Crippen LogP contribution in [-0.4, -0.2) is 14.9 Å². The standard InChI is InChI=1S/C12H9Cl2N3O3/c1-7-2-3-9(17(18)19)10(4-7)20-12-8(5-13)11(14)15-6-16-12/h2-4,6H,5H2,1H3. The van der Waals surface area contributed by atoms with E-state index in [1.54, 1.807) is 19.1 Å². The number of nitro benzene ring substituents is 1. The Balaban J connectivity index is 2.47. The third-order valence-corrected chi connectivity index (χ3v) is 3.10. The van der Waals surface area contributed by atoms with Crippen molar-refractivity contribution in [2.75, 3.05) is 0 Å². The van der Waals surface area contributed by atoms with Crippen LogP contribution in [0.3, 0.4) is 0 Å². The summed E-state index contributed by atoms with van der Waals surface area (Å²) in [5.41, 5.74) is 1.04. The van der Waals surface area contributed by atoms with Crippen molar-refractivity contribution in [3.05, 3.63) is 50.9 Å². The van der Waals surface area contributed by atoms with Crippen molar-refractivity contribution >= 4 is 28.9 Å². The van der Waals surface area contributed by atoms with E-state index >= 15 is 0 Å². The third-order valence-electron chi connectivity index (χ3n) is 2.51. The molecule has 1 aromatic carbocycles. The van der Waals surface area contributed by atoms with E-state index in [0.717, 1.165) is 5.56 Å². The van der Waals surface area contributed by atoms with Crippen LogP contribution in [0.5, 0.6) is 11.6 Å². The molecule has 0 saturated carbocycles. The summed E-state index contributed by atoms with van der Waals surface area (Å²) >= 11 is 11.6. The van der Waals surface area contributed by atoms with Gasteiger partial charge >= 0.3 is 5.69 Å². The van der Waals surface area contributed by atoms with Crippen LogP contribution >= 0.6 is 23.2 Å². The minimum Gasteiger partial charge on any atom is -0.431 e. The van der Waals surface area contributed by atoms with Crippen LogP contribution in [0.1, 0.15) is 11.1 Å². The first-order valence-corrected chi connectivity index (χ1v) is 6.42. The molecule has 2 rings (SSSR count). The number of halogens is 2. The van der Waals surface area contributed by atoms with E-state index in [0.29, 0.717) is 5.56 Å². The van der Waals surface area contributed by atoms with Gasteiger partial charge in [-0.05, 0) is 18.6 Å². The van der Waals surface area contributed by atoms with Gasteiger partial charge in [0.05, 0.1) is 16.4 Å². The molecule has 0 spiro atoms. The zero-order valence-electron chi connectivity index (χ0n) is 10.3. The molecule has 8 heteroatoms. The fourth-order valence-electron chi connectivity index (χ4n) is 1.53. The van der Waals surface area contributed by atoms with Crippen LogP contribution in [0.4, 0.5) is 5.69 Å². The van der Waals surface area contributed by atoms with Crippen LogP contribution in [0.15, 0.2) is 24.5 Å². The summed E-state index contributed by atoms with van der Waals surface area (Å²) in [5.74, 6) is 0.221. The van der Waals surface area contributed by atoms with Gasteiger partial charge in [0.2, 0.25) is 11.6 Å². The van der Waals surface area contributed by atoms with Gasteiger partial charge in [-0.2, -0.15) is 0 Å². The lowest BCUT2D eigenvalue weighted by molar-refractivity contribution is -0.385. The van der Waals surface area contributed by atoms with Crippen LogP contribution in [0, 0.1) is 17.0 Å². The molecular formula is C12H9Cl2N3O3. The summed E-state index contributed by atoms with van der Waals surface area (Å²) in [5, 5.41) is 11.1. The molecule has 1 heterocycles. The second-order valence-electron chi connectivity index (χ2n) is 3.91. The zero-order valence-corrected chi connectivity index (χ0v) is 11.9. The highest BCUT2D eigenvalue weighted by atomic mass is 35.5. The van der Waals surface area contributed by atoms with Gasteiger partial charge in [0.25, 0.3) is 0 Å². The average molecular weight is 314 g/mol. The van der Waals surface area contributed by atoms with Crippen LogP contribution in [0.25, 0.3) is 0 Å². The minimum absolute atomic E-state index is 0.0363. The third kappa shape index (κ3) is 2.97. The summed E-state index contributed by atoms with van der Waals surface area (Å²) in [6, 6.07) is 4.54. The molecule has 0 bridgehead atoms. The summed E-state index contributed by atoms with van der Waals surface area (Å²) in [6.45, 7) is 1.80. The fourth-order valence-corrected chi connectivity index (χ4v) is 2.03. The van der Waals surface area contributed by atoms with Gasteiger partial charge in [0.15, 0.2) is 0 Å². The van der Waals surface area contributed by atoms with Gasteiger partial charge < -0.3 is 4.74 Å². The lowest BCUT2D eigenvalue weighted by atomic mass is 10.2. The summed E-state index contributed by atoms with van der Waals surface area (Å²) < 4.78 is 5.49. The highest BCUT2D eigenvalue weighted by Gasteiger charge is 2.19. The van der Waals surface area contributed by atoms with Gasteiger partial charge in [-0.3, -0.25) is 10.1 Å². The van der Waals surface area contributed by atoms with E-state index in [-0.39, 0.29) is 28.3 Å². The van der Waals surface area contributed by atoms with Crippen molar-refractivity contribution in [2.45, 2.75) is 12.8 Å². The highest BCUT2D eigenvalue weighted by molar-refractivity contribution is 6.31. The molecule has 6 nitrogen and oxygen atoms in total. The van der Waals surface area contributed by atoms with Crippen molar-refractivity contribution < 1.29 is 9.66 Å². The molecule has 0 unspecified atom stereocenters. The van der Waals surface area contributed by atoms with Crippen LogP contribution < -0.4 is 4.74 Å². The Hall–Kier alpha value is -1.92. The lowest BCUT2D eigenvalue weighted by Gasteiger charge is -2.09. The smallest absolute Gasteiger partial charge is 0.311 e. The van der Waals surface area contributed by atoms with Gasteiger partial charge in [-0.1, -0.05) is 17.7 Å². The number of ether oxygens (including phenoxy) is 1. The first-order chi connectivity index (χ1) is 9.52. The van der Waals surface area contributed by atoms with Gasteiger partial charge in [-0.15, -0.1) is 11.6 Å². The Bertz CT molecular complexity index is 664. The monoisotopic (exact) mass is 313 g/mol. The van der Waals surface area contributed by atoms with E-state index in [2.05, 4.69) is 9.97 Å². The predicted molar refractivity (Wildman–Crippen MR) is 74.5 cm³/mol. The summed E-state index contributed by atoms with van der Waals surface area (Å²) in [4.78, 5) is 18.1. The van der Waals surface area contributed by atoms with Crippen molar-refractivity contribution in [1.82, 2.24) is 9.97 Å². The molecule has 0 amide bonds. The number of nitro groups is 1. The highest BCUT2D eigenvalue weighted by Crippen LogP contribution is 2.34. The molecule has 0 atom stereocenters. The van der Waals surface area contributed by atoms with Crippen molar-refractivity contribution in [2.24, 2.45) is 0 Å². The number of nitrogens with zero attached hydrogens (tertiary/aromatic N) is 3. The molecule has 0 N–H and O–H groups in total. The van der Waals surface area contributed by atoms with E-state index in [9.17, 15) is 10.1 Å². The summed E-state index contributed by atoms with van der Waals surface area (Å²) in [6.07, 6.45) is 1.20. The zero-order chi connectivity index (χ0) is 14.7. The Morgan fingerprint density at radius 1 is 1.40 bits per heavy atom. The maximum atomic E-state index is 11.0. The molecule has 0 fully saturated rings. The molecule has 0 saturated heterocycles. The average Bonchev–Trinajstić information content (AvgIpc) is 2.38. The maximum absolute atomic E-state index is 11.0. The molecule has 0 aliphatic carbocycles. The molecular weight excluding hydrogens is 305 g/mol. The Morgan fingerprint density at radius 2 is 2.15 bits per heavy atom. The van der Waals surface area contributed by atoms with Gasteiger partial charge in [0, 0.05) is 6.07 Å². The Kier molecular flexibility index (Phi) is 4.36. The van der Waals surface area contributed by atoms with Crippen molar-refractivity contribution in [3.8, 4) is 11.6 Å². The number of benzene rings is 1. The number of aryl methyl sites for hydroxylation is 1. The first-order valence-electron chi connectivity index (χ1n) is 5.51. The second kappa shape index (κ2) is 6.02. The predicted octanol–water partition coefficient (Wildman–Crippen LogP) is 3.88. The topological polar surface area (TPSA) is 78.2 Å². The van der Waals surface area contributed by atoms with E-state index < -0.39 is 4.92 Å². The Labute approximate surface area is 124 Å². The lowest BCUT2D eigenvalue weighted by Crippen LogP contribution is -1.99. The minimum atomic E-state index is -0.530. The van der Waals surface area contributed by atoms with E-state index in [1.807, 2.05) is 0 Å². The van der Waals surface area contributed by atoms with Crippen molar-refractivity contribution in [1.29, 1.82) is 0 Å². The second-order valence-corrected chi connectivity index (χ2v) is 4.54. The number of alkyl halides is 1. The molecule has 104 valence electrons. The normalized spacial score (nSPS) is 10.3. The largest absolute Gasteiger partial charge is 0.431 e. The van der Waals surface area contributed by atoms with Gasteiger partial charge in [0.1, 0.15) is 11.5 Å². The number of hydrogen-bond acceptors (Lipinski definition) is 5. The molecule has 2 aromatic rings. The summed E-state index contributed by atoms with van der Waals surface area (Å²) in [7, 11) is 0. The van der Waals surface area contributed by atoms with E-state index in [1.165, 1.54) is 12.4 Å². The maximum Gasteiger partial charge on any atom is 0.311 e. The fraction of sp³-hybridized carbons (Fsp3) is 0.167. The van der Waals surface area contributed by atoms with Crippen LogP contribution in [-0.2, 0) is 5.88 Å². The SMILES string of the molecule is Cc1ccc([N+](=O)[O-])c(Oc2ncnc(Cl)c2CCl)c1. The molecule has 1 aromatic heterocycles. The number of rotatable bonds is 4. The quantitative estimate of drug-likeness (QED) is 0.370. The molecule has 0 aliphatic heterocycles. The Morgan fingerprint density at radius 3 is 2.80 bits per heavy atom. The van der Waals surface area contributed by atoms with Gasteiger partial charge in [-0.25, -0.2) is 9.97 Å². The number of aromatic nitrogens is 2. The molecule has 20 heavy (non-hydrogen) atoms. The molecule has 0 aliphatic rings. The molecule has 0 radical (unpaired) electrons. The van der Waals surface area contributed by atoms with Crippen LogP contribution in [0.2, 0.25) is 5.15 Å². The number of hydrogen-bond donors (Lipinski definition) is 0. The first kappa shape index (κ1) is 14.5. The van der Waals surface area contributed by atoms with Crippen molar-refractivity contribution in [3.63, 3.8) is 0 Å². The van der Waals surface area contributed by atoms with E-state index in [4.69, 9.17) is 27.9 Å².